The van der Waals surface area contributed by atoms with Gasteiger partial charge in [-0.3, -0.25) is 4.79 Å². The first-order valence-corrected chi connectivity index (χ1v) is 10.9. The minimum atomic E-state index is -3.63. The van der Waals surface area contributed by atoms with Crippen LogP contribution in [0.1, 0.15) is 31.2 Å². The molecule has 7 heteroatoms. The van der Waals surface area contributed by atoms with E-state index in [1.54, 1.807) is 43.5 Å². The monoisotopic (exact) mass is 402 g/mol. The van der Waals surface area contributed by atoms with Gasteiger partial charge in [0, 0.05) is 19.0 Å². The zero-order valence-corrected chi connectivity index (χ0v) is 17.0. The van der Waals surface area contributed by atoms with Crippen LogP contribution in [-0.4, -0.2) is 38.3 Å². The zero-order valence-electron chi connectivity index (χ0n) is 16.2. The van der Waals surface area contributed by atoms with E-state index in [0.29, 0.717) is 24.4 Å². The largest absolute Gasteiger partial charge is 0.495 e. The second kappa shape index (κ2) is 8.75. The lowest BCUT2D eigenvalue weighted by Gasteiger charge is -2.34. The summed E-state index contributed by atoms with van der Waals surface area (Å²) in [5.74, 6) is 0.351. The van der Waals surface area contributed by atoms with Gasteiger partial charge in [0.2, 0.25) is 15.9 Å². The van der Waals surface area contributed by atoms with E-state index in [9.17, 15) is 13.2 Å². The molecule has 6 nitrogen and oxygen atoms in total. The van der Waals surface area contributed by atoms with Gasteiger partial charge in [-0.15, -0.1) is 0 Å². The molecule has 1 saturated heterocycles. The quantitative estimate of drug-likeness (QED) is 0.801. The molecule has 3 rings (SSSR count). The number of para-hydroxylation sites is 2. The van der Waals surface area contributed by atoms with Gasteiger partial charge >= 0.3 is 0 Å². The highest BCUT2D eigenvalue weighted by Crippen LogP contribution is 2.28. The lowest BCUT2D eigenvalue weighted by atomic mass is 10.0. The summed E-state index contributed by atoms with van der Waals surface area (Å²) in [5, 5.41) is 2.84. The maximum atomic E-state index is 13.1. The maximum absolute atomic E-state index is 13.1. The number of aryl methyl sites for hydroxylation is 1. The van der Waals surface area contributed by atoms with Gasteiger partial charge in [-0.1, -0.05) is 36.2 Å². The summed E-state index contributed by atoms with van der Waals surface area (Å²) in [7, 11) is -2.09. The molecule has 0 radical (unpaired) electrons. The number of methoxy groups -OCH3 is 1. The van der Waals surface area contributed by atoms with Crippen molar-refractivity contribution >= 4 is 21.6 Å². The van der Waals surface area contributed by atoms with Crippen LogP contribution in [0.2, 0.25) is 0 Å². The zero-order chi connectivity index (χ0) is 20.1. The number of sulfonamides is 1. The second-order valence-electron chi connectivity index (χ2n) is 7.03. The average Bonchev–Trinajstić information content (AvgIpc) is 2.69. The number of anilines is 1. The molecule has 28 heavy (non-hydrogen) atoms. The normalized spacial score (nSPS) is 17.9. The Morgan fingerprint density at radius 2 is 1.86 bits per heavy atom. The highest BCUT2D eigenvalue weighted by molar-refractivity contribution is 7.89. The summed E-state index contributed by atoms with van der Waals surface area (Å²) in [5.41, 5.74) is 1.59. The Morgan fingerprint density at radius 3 is 2.57 bits per heavy atom. The molecule has 0 aliphatic carbocycles. The molecule has 0 saturated carbocycles. The van der Waals surface area contributed by atoms with Crippen molar-refractivity contribution in [2.24, 2.45) is 0 Å². The first kappa shape index (κ1) is 20.4. The van der Waals surface area contributed by atoms with Crippen LogP contribution in [0.3, 0.4) is 0 Å². The Kier molecular flexibility index (Phi) is 6.36. The highest BCUT2D eigenvalue weighted by atomic mass is 32.2. The van der Waals surface area contributed by atoms with Crippen molar-refractivity contribution in [1.29, 1.82) is 0 Å². The van der Waals surface area contributed by atoms with E-state index < -0.39 is 10.0 Å². The van der Waals surface area contributed by atoms with Gasteiger partial charge in [-0.05, 0) is 44.0 Å². The number of carbonyl (C=O) groups is 1. The first-order chi connectivity index (χ1) is 13.4. The van der Waals surface area contributed by atoms with Crippen molar-refractivity contribution < 1.29 is 17.9 Å². The van der Waals surface area contributed by atoms with E-state index in [4.69, 9.17) is 4.74 Å². The lowest BCUT2D eigenvalue weighted by molar-refractivity contribution is -0.117. The number of ether oxygens (including phenoxy) is 1. The van der Waals surface area contributed by atoms with Gasteiger partial charge in [0.05, 0.1) is 17.7 Å². The molecule has 1 N–H and O–H groups in total. The number of hydrogen-bond acceptors (Lipinski definition) is 4. The fourth-order valence-electron chi connectivity index (χ4n) is 3.50. The molecular formula is C21H26N2O4S. The molecule has 2 aromatic rings. The topological polar surface area (TPSA) is 75.7 Å². The molecule has 2 aromatic carbocycles. The molecule has 1 heterocycles. The van der Waals surface area contributed by atoms with E-state index in [-0.39, 0.29) is 23.3 Å². The van der Waals surface area contributed by atoms with Gasteiger partial charge in [-0.25, -0.2) is 8.42 Å². The SMILES string of the molecule is COc1ccccc1NC(=O)C[C@@H]1CCCCN1S(=O)(=O)c1ccc(C)cc1. The van der Waals surface area contributed by atoms with Crippen molar-refractivity contribution in [3.8, 4) is 5.75 Å². The predicted octanol–water partition coefficient (Wildman–Crippen LogP) is 3.58. The van der Waals surface area contributed by atoms with Crippen LogP contribution in [0.4, 0.5) is 5.69 Å². The number of benzene rings is 2. The fourth-order valence-corrected chi connectivity index (χ4v) is 5.20. The highest BCUT2D eigenvalue weighted by Gasteiger charge is 2.34. The minimum Gasteiger partial charge on any atom is -0.495 e. The van der Waals surface area contributed by atoms with Crippen molar-refractivity contribution in [3.63, 3.8) is 0 Å². The fraction of sp³-hybridized carbons (Fsp3) is 0.381. The number of hydrogen-bond donors (Lipinski definition) is 1. The number of nitrogens with one attached hydrogen (secondary N) is 1. The Balaban J connectivity index is 1.76. The van der Waals surface area contributed by atoms with Gasteiger partial charge in [0.25, 0.3) is 0 Å². The summed E-state index contributed by atoms with van der Waals surface area (Å²) in [6, 6.07) is 13.7. The number of amides is 1. The third-order valence-electron chi connectivity index (χ3n) is 5.00. The summed E-state index contributed by atoms with van der Waals surface area (Å²) in [6.45, 7) is 2.35. The smallest absolute Gasteiger partial charge is 0.243 e. The third-order valence-corrected chi connectivity index (χ3v) is 6.97. The summed E-state index contributed by atoms with van der Waals surface area (Å²) in [6.07, 6.45) is 2.50. The van der Waals surface area contributed by atoms with Crippen molar-refractivity contribution in [3.05, 3.63) is 54.1 Å². The average molecular weight is 403 g/mol. The van der Waals surface area contributed by atoms with Crippen molar-refractivity contribution in [2.75, 3.05) is 19.0 Å². The summed E-state index contributed by atoms with van der Waals surface area (Å²) < 4.78 is 33.0. The Hall–Kier alpha value is -2.38. The third kappa shape index (κ3) is 4.54. The van der Waals surface area contributed by atoms with Crippen LogP contribution < -0.4 is 10.1 Å². The Labute approximate surface area is 166 Å². The molecule has 0 bridgehead atoms. The van der Waals surface area contributed by atoms with Crippen LogP contribution >= 0.6 is 0 Å². The molecule has 1 atom stereocenters. The van der Waals surface area contributed by atoms with E-state index in [1.807, 2.05) is 19.1 Å². The van der Waals surface area contributed by atoms with Crippen molar-refractivity contribution in [1.82, 2.24) is 4.31 Å². The van der Waals surface area contributed by atoms with Gasteiger partial charge in [0.1, 0.15) is 5.75 Å². The minimum absolute atomic E-state index is 0.114. The van der Waals surface area contributed by atoms with Crippen LogP contribution in [0.15, 0.2) is 53.4 Å². The number of piperidine rings is 1. The number of carbonyl (C=O) groups excluding carboxylic acids is 1. The molecule has 1 aliphatic rings. The van der Waals surface area contributed by atoms with E-state index in [1.165, 1.54) is 4.31 Å². The molecule has 1 fully saturated rings. The van der Waals surface area contributed by atoms with Crippen molar-refractivity contribution in [2.45, 2.75) is 43.5 Å². The molecule has 150 valence electrons. The predicted molar refractivity (Wildman–Crippen MR) is 109 cm³/mol. The van der Waals surface area contributed by atoms with Crippen LogP contribution in [0.25, 0.3) is 0 Å². The van der Waals surface area contributed by atoms with Gasteiger partial charge in [-0.2, -0.15) is 4.31 Å². The molecule has 0 spiro atoms. The molecular weight excluding hydrogens is 376 g/mol. The van der Waals surface area contributed by atoms with Gasteiger partial charge < -0.3 is 10.1 Å². The van der Waals surface area contributed by atoms with Crippen LogP contribution in [0, 0.1) is 6.92 Å². The summed E-state index contributed by atoms with van der Waals surface area (Å²) >= 11 is 0. The van der Waals surface area contributed by atoms with Gasteiger partial charge in [0.15, 0.2) is 0 Å². The first-order valence-electron chi connectivity index (χ1n) is 9.43. The molecule has 1 amide bonds. The molecule has 0 aromatic heterocycles. The molecule has 1 aliphatic heterocycles. The summed E-state index contributed by atoms with van der Waals surface area (Å²) in [4.78, 5) is 12.9. The number of nitrogens with zero attached hydrogens (tertiary/aromatic N) is 1. The van der Waals surface area contributed by atoms with E-state index in [0.717, 1.165) is 18.4 Å². The maximum Gasteiger partial charge on any atom is 0.243 e. The lowest BCUT2D eigenvalue weighted by Crippen LogP contribution is -2.45. The van der Waals surface area contributed by atoms with Crippen LogP contribution in [-0.2, 0) is 14.8 Å². The number of rotatable bonds is 6. The second-order valence-corrected chi connectivity index (χ2v) is 8.92. The standard InChI is InChI=1S/C21H26N2O4S/c1-16-10-12-18(13-11-16)28(25,26)23-14-6-5-7-17(23)15-21(24)22-19-8-3-4-9-20(19)27-2/h3-4,8-13,17H,5-7,14-15H2,1-2H3,(H,22,24)/t17-/m0/s1. The Bertz CT molecular complexity index is 926. The van der Waals surface area contributed by atoms with E-state index >= 15 is 0 Å². The van der Waals surface area contributed by atoms with E-state index in [2.05, 4.69) is 5.32 Å². The van der Waals surface area contributed by atoms with Crippen LogP contribution in [0.5, 0.6) is 5.75 Å². The Morgan fingerprint density at radius 1 is 1.14 bits per heavy atom. The molecule has 0 unspecified atom stereocenters.